The Morgan fingerprint density at radius 3 is 2.35 bits per heavy atom. The standard InChI is InChI=1S/C21H14Br3N3O4/c22-15-7-5-13(6-8-15)12-31-20-17(23)9-14(10-18(20)24)11-25-26-21(28)16-3-1-2-4-19(16)27(29)30/h1-11H,12H2,(H,26,28)/b25-11-. The van der Waals surface area contributed by atoms with E-state index < -0.39 is 10.8 Å². The number of benzene rings is 3. The van der Waals surface area contributed by atoms with Crippen LogP contribution in [0.4, 0.5) is 5.69 Å². The Hall–Kier alpha value is -2.56. The summed E-state index contributed by atoms with van der Waals surface area (Å²) in [5, 5.41) is 14.9. The van der Waals surface area contributed by atoms with Gasteiger partial charge in [-0.1, -0.05) is 40.2 Å². The van der Waals surface area contributed by atoms with Gasteiger partial charge in [0, 0.05) is 10.5 Å². The fourth-order valence-electron chi connectivity index (χ4n) is 2.58. The van der Waals surface area contributed by atoms with Crippen LogP contribution in [0, 0.1) is 10.1 Å². The monoisotopic (exact) mass is 609 g/mol. The van der Waals surface area contributed by atoms with Crippen LogP contribution in [0.5, 0.6) is 5.75 Å². The van der Waals surface area contributed by atoms with Crippen LogP contribution in [0.25, 0.3) is 0 Å². The third-order valence-corrected chi connectivity index (χ3v) is 5.75. The second-order valence-corrected chi connectivity index (χ2v) is 8.83. The molecule has 1 N–H and O–H groups in total. The van der Waals surface area contributed by atoms with Gasteiger partial charge in [-0.25, -0.2) is 5.43 Å². The van der Waals surface area contributed by atoms with E-state index in [1.807, 2.05) is 24.3 Å². The first-order chi connectivity index (χ1) is 14.8. The molecule has 0 fully saturated rings. The number of hydrazone groups is 1. The summed E-state index contributed by atoms with van der Waals surface area (Å²) in [6.45, 7) is 0.393. The van der Waals surface area contributed by atoms with Gasteiger partial charge < -0.3 is 4.74 Å². The van der Waals surface area contributed by atoms with E-state index in [0.717, 1.165) is 10.0 Å². The maximum absolute atomic E-state index is 12.2. The van der Waals surface area contributed by atoms with Crippen molar-refractivity contribution >= 4 is 65.6 Å². The molecule has 0 aliphatic rings. The molecule has 0 radical (unpaired) electrons. The molecule has 3 rings (SSSR count). The Labute approximate surface area is 203 Å². The summed E-state index contributed by atoms with van der Waals surface area (Å²) in [5.74, 6) is -0.0415. The number of ether oxygens (including phenoxy) is 1. The highest BCUT2D eigenvalue weighted by Gasteiger charge is 2.18. The van der Waals surface area contributed by atoms with E-state index in [2.05, 4.69) is 58.3 Å². The Balaban J connectivity index is 1.67. The summed E-state index contributed by atoms with van der Waals surface area (Å²) >= 11 is 10.4. The number of hydrogen-bond donors (Lipinski definition) is 1. The number of nitrogens with zero attached hydrogens (tertiary/aromatic N) is 2. The Bertz CT molecular complexity index is 1130. The SMILES string of the molecule is O=C(N/N=C\c1cc(Br)c(OCc2ccc(Br)cc2)c(Br)c1)c1ccccc1[N+](=O)[O-]. The van der Waals surface area contributed by atoms with Gasteiger partial charge >= 0.3 is 0 Å². The van der Waals surface area contributed by atoms with Crippen molar-refractivity contribution in [2.75, 3.05) is 0 Å². The summed E-state index contributed by atoms with van der Waals surface area (Å²) in [6.07, 6.45) is 1.43. The molecule has 0 aliphatic carbocycles. The molecule has 0 spiro atoms. The van der Waals surface area contributed by atoms with Gasteiger partial charge in [-0.2, -0.15) is 5.10 Å². The normalized spacial score (nSPS) is 10.8. The number of carbonyl (C=O) groups excluding carboxylic acids is 1. The van der Waals surface area contributed by atoms with Gasteiger partial charge in [0.2, 0.25) is 0 Å². The van der Waals surface area contributed by atoms with Crippen LogP contribution in [-0.2, 0) is 6.61 Å². The lowest BCUT2D eigenvalue weighted by Gasteiger charge is -2.11. The van der Waals surface area contributed by atoms with Crippen molar-refractivity contribution in [3.8, 4) is 5.75 Å². The van der Waals surface area contributed by atoms with Crippen LogP contribution in [-0.4, -0.2) is 17.0 Å². The maximum Gasteiger partial charge on any atom is 0.282 e. The Kier molecular flexibility index (Phi) is 7.94. The van der Waals surface area contributed by atoms with Crippen LogP contribution in [0.3, 0.4) is 0 Å². The number of hydrogen-bond acceptors (Lipinski definition) is 5. The highest BCUT2D eigenvalue weighted by Crippen LogP contribution is 2.35. The minimum absolute atomic E-state index is 0.0660. The molecule has 0 aromatic heterocycles. The summed E-state index contributed by atoms with van der Waals surface area (Å²) in [5.41, 5.74) is 3.65. The number of nitro benzene ring substituents is 1. The molecule has 31 heavy (non-hydrogen) atoms. The third kappa shape index (κ3) is 6.22. The molecule has 0 atom stereocenters. The molecule has 7 nitrogen and oxygen atoms in total. The lowest BCUT2D eigenvalue weighted by molar-refractivity contribution is -0.385. The number of nitrogens with one attached hydrogen (secondary N) is 1. The number of halogens is 3. The Morgan fingerprint density at radius 1 is 1.06 bits per heavy atom. The summed E-state index contributed by atoms with van der Waals surface area (Å²) in [4.78, 5) is 22.7. The van der Waals surface area contributed by atoms with Crippen molar-refractivity contribution in [1.29, 1.82) is 0 Å². The number of para-hydroxylation sites is 1. The zero-order valence-corrected chi connectivity index (χ0v) is 20.5. The highest BCUT2D eigenvalue weighted by molar-refractivity contribution is 9.11. The molecule has 10 heteroatoms. The minimum atomic E-state index is -0.670. The van der Waals surface area contributed by atoms with E-state index in [-0.39, 0.29) is 11.3 Å². The van der Waals surface area contributed by atoms with Crippen molar-refractivity contribution in [2.45, 2.75) is 6.61 Å². The van der Waals surface area contributed by atoms with Gasteiger partial charge in [0.1, 0.15) is 17.9 Å². The van der Waals surface area contributed by atoms with Crippen molar-refractivity contribution in [1.82, 2.24) is 5.43 Å². The van der Waals surface area contributed by atoms with Crippen LogP contribution >= 0.6 is 47.8 Å². The average molecular weight is 612 g/mol. The second-order valence-electron chi connectivity index (χ2n) is 6.20. The number of rotatable bonds is 7. The largest absolute Gasteiger partial charge is 0.487 e. The predicted molar refractivity (Wildman–Crippen MR) is 128 cm³/mol. The number of carbonyl (C=O) groups is 1. The second kappa shape index (κ2) is 10.7. The third-order valence-electron chi connectivity index (χ3n) is 4.04. The maximum atomic E-state index is 12.2. The van der Waals surface area contributed by atoms with E-state index in [4.69, 9.17) is 4.74 Å². The van der Waals surface area contributed by atoms with Gasteiger partial charge in [-0.3, -0.25) is 14.9 Å². The zero-order chi connectivity index (χ0) is 22.4. The molecule has 158 valence electrons. The van der Waals surface area contributed by atoms with Crippen molar-refractivity contribution in [3.63, 3.8) is 0 Å². The lowest BCUT2D eigenvalue weighted by Crippen LogP contribution is -2.18. The first-order valence-corrected chi connectivity index (χ1v) is 11.2. The molecule has 0 saturated carbocycles. The molecule has 0 heterocycles. The fraction of sp³-hybridized carbons (Fsp3) is 0.0476. The van der Waals surface area contributed by atoms with Crippen LogP contribution in [0.15, 0.2) is 79.2 Å². The molecule has 0 bridgehead atoms. The minimum Gasteiger partial charge on any atom is -0.487 e. The van der Waals surface area contributed by atoms with E-state index >= 15 is 0 Å². The smallest absolute Gasteiger partial charge is 0.282 e. The van der Waals surface area contributed by atoms with E-state index in [0.29, 0.717) is 26.9 Å². The first-order valence-electron chi connectivity index (χ1n) is 8.78. The van der Waals surface area contributed by atoms with E-state index in [9.17, 15) is 14.9 Å². The van der Waals surface area contributed by atoms with Gasteiger partial charge in [0.25, 0.3) is 11.6 Å². The van der Waals surface area contributed by atoms with Crippen LogP contribution in [0.1, 0.15) is 21.5 Å². The Morgan fingerprint density at radius 2 is 1.71 bits per heavy atom. The lowest BCUT2D eigenvalue weighted by atomic mass is 10.2. The molecule has 3 aromatic carbocycles. The van der Waals surface area contributed by atoms with Crippen molar-refractivity contribution < 1.29 is 14.5 Å². The van der Waals surface area contributed by atoms with Crippen LogP contribution in [0.2, 0.25) is 0 Å². The van der Waals surface area contributed by atoms with Gasteiger partial charge in [0.15, 0.2) is 0 Å². The van der Waals surface area contributed by atoms with Gasteiger partial charge in [-0.15, -0.1) is 0 Å². The van der Waals surface area contributed by atoms with E-state index in [1.165, 1.54) is 24.4 Å². The van der Waals surface area contributed by atoms with Crippen molar-refractivity contribution in [2.24, 2.45) is 5.10 Å². The topological polar surface area (TPSA) is 93.8 Å². The average Bonchev–Trinajstić information content (AvgIpc) is 2.74. The molecule has 1 amide bonds. The molecule has 0 saturated heterocycles. The fourth-order valence-corrected chi connectivity index (χ4v) is 4.29. The van der Waals surface area contributed by atoms with Gasteiger partial charge in [-0.05, 0) is 73.3 Å². The van der Waals surface area contributed by atoms with Gasteiger partial charge in [0.05, 0.1) is 20.1 Å². The predicted octanol–water partition coefficient (Wildman–Crippen LogP) is 6.23. The highest BCUT2D eigenvalue weighted by atomic mass is 79.9. The zero-order valence-electron chi connectivity index (χ0n) is 15.7. The molecular formula is C21H14Br3N3O4. The van der Waals surface area contributed by atoms with Crippen LogP contribution < -0.4 is 10.2 Å². The molecule has 0 aliphatic heterocycles. The quantitative estimate of drug-likeness (QED) is 0.195. The molecular weight excluding hydrogens is 598 g/mol. The summed E-state index contributed by atoms with van der Waals surface area (Å²) < 4.78 is 8.29. The first kappa shape index (κ1) is 23.1. The summed E-state index contributed by atoms with van der Waals surface area (Å²) in [7, 11) is 0. The molecule has 0 unspecified atom stereocenters. The molecule has 3 aromatic rings. The number of amides is 1. The van der Waals surface area contributed by atoms with Crippen molar-refractivity contribution in [3.05, 3.63) is 101 Å². The van der Waals surface area contributed by atoms with E-state index in [1.54, 1.807) is 18.2 Å². The number of nitro groups is 1. The summed E-state index contributed by atoms with van der Waals surface area (Å²) in [6, 6.07) is 17.1.